The molecule has 0 saturated carbocycles. The lowest BCUT2D eigenvalue weighted by Gasteiger charge is -2.13. The largest absolute Gasteiger partial charge is 0.508 e. The minimum Gasteiger partial charge on any atom is -0.508 e. The average Bonchev–Trinajstić information content (AvgIpc) is 2.72. The summed E-state index contributed by atoms with van der Waals surface area (Å²) in [5, 5.41) is 20.3. The molecule has 0 aliphatic carbocycles. The van der Waals surface area contributed by atoms with Crippen LogP contribution in [0.3, 0.4) is 0 Å². The van der Waals surface area contributed by atoms with Gasteiger partial charge in [0, 0.05) is 11.6 Å². The van der Waals surface area contributed by atoms with Gasteiger partial charge in [-0.05, 0) is 64.3 Å². The maximum absolute atomic E-state index is 13.4. The molecule has 0 saturated heterocycles. The Morgan fingerprint density at radius 2 is 1.87 bits per heavy atom. The minimum absolute atomic E-state index is 0.0537. The summed E-state index contributed by atoms with van der Waals surface area (Å²) in [6, 6.07) is 9.42. The molecule has 5 heteroatoms. The Hall–Kier alpha value is -3.47. The molecule has 31 heavy (non-hydrogen) atoms. The van der Waals surface area contributed by atoms with Gasteiger partial charge in [-0.1, -0.05) is 29.4 Å². The number of ether oxygens (including phenoxy) is 1. The first-order valence-electron chi connectivity index (χ1n) is 10.3. The third-order valence-electron chi connectivity index (χ3n) is 5.17. The van der Waals surface area contributed by atoms with Crippen molar-refractivity contribution in [3.8, 4) is 28.6 Å². The number of aromatic hydroxyl groups is 2. The fraction of sp³-hybridized carbons (Fsp3) is 0.269. The molecule has 162 valence electrons. The minimum atomic E-state index is -0.280. The smallest absolute Gasteiger partial charge is 0.200 e. The van der Waals surface area contributed by atoms with Crippen molar-refractivity contribution in [2.24, 2.45) is 0 Å². The summed E-state index contributed by atoms with van der Waals surface area (Å²) < 4.78 is 11.5. The second kappa shape index (κ2) is 9.56. The molecule has 0 bridgehead atoms. The molecule has 0 spiro atoms. The average molecular weight is 421 g/mol. The SMILES string of the molecule is COc1cc(O)ccc1-c1oc2cccc(O)c2c(=O)c1C/C=C(\C)CCC=C(C)C. The number of hydrogen-bond donors (Lipinski definition) is 2. The highest BCUT2D eigenvalue weighted by molar-refractivity contribution is 5.86. The van der Waals surface area contributed by atoms with Crippen molar-refractivity contribution in [2.45, 2.75) is 40.0 Å². The van der Waals surface area contributed by atoms with Crippen molar-refractivity contribution >= 4 is 11.0 Å². The highest BCUT2D eigenvalue weighted by atomic mass is 16.5. The molecule has 1 aromatic heterocycles. The van der Waals surface area contributed by atoms with Crippen LogP contribution in [0.5, 0.6) is 17.2 Å². The van der Waals surface area contributed by atoms with E-state index in [0.717, 1.165) is 18.4 Å². The molecule has 3 rings (SSSR count). The lowest BCUT2D eigenvalue weighted by atomic mass is 9.99. The molecular formula is C26H28O5. The van der Waals surface area contributed by atoms with Crippen LogP contribution >= 0.6 is 0 Å². The summed E-state index contributed by atoms with van der Waals surface area (Å²) >= 11 is 0. The second-order valence-corrected chi connectivity index (χ2v) is 7.85. The van der Waals surface area contributed by atoms with Gasteiger partial charge in [-0.2, -0.15) is 0 Å². The Bertz CT molecular complexity index is 1210. The van der Waals surface area contributed by atoms with Crippen LogP contribution in [0.2, 0.25) is 0 Å². The Morgan fingerprint density at radius 1 is 1.10 bits per heavy atom. The molecule has 0 radical (unpaired) electrons. The topological polar surface area (TPSA) is 79.9 Å². The van der Waals surface area contributed by atoms with Crippen molar-refractivity contribution in [3.05, 3.63) is 75.5 Å². The molecule has 1 heterocycles. The number of phenols is 2. The van der Waals surface area contributed by atoms with Crippen molar-refractivity contribution in [1.82, 2.24) is 0 Å². The lowest BCUT2D eigenvalue weighted by Crippen LogP contribution is -2.11. The summed E-state index contributed by atoms with van der Waals surface area (Å²) in [7, 11) is 1.50. The second-order valence-electron chi connectivity index (χ2n) is 7.85. The number of benzene rings is 2. The van der Waals surface area contributed by atoms with Crippen LogP contribution in [0.4, 0.5) is 0 Å². The molecular weight excluding hydrogens is 392 g/mol. The van der Waals surface area contributed by atoms with Crippen LogP contribution in [-0.4, -0.2) is 17.3 Å². The lowest BCUT2D eigenvalue weighted by molar-refractivity contribution is 0.407. The number of rotatable bonds is 7. The number of hydrogen-bond acceptors (Lipinski definition) is 5. The molecule has 2 aromatic carbocycles. The fourth-order valence-corrected chi connectivity index (χ4v) is 3.50. The normalized spacial score (nSPS) is 11.5. The Balaban J connectivity index is 2.15. The van der Waals surface area contributed by atoms with E-state index in [2.05, 4.69) is 19.9 Å². The number of phenolic OH excluding ortho intramolecular Hbond substituents is 2. The maximum Gasteiger partial charge on any atom is 0.200 e. The molecule has 0 aliphatic heterocycles. The number of methoxy groups -OCH3 is 1. The van der Waals surface area contributed by atoms with Crippen LogP contribution in [0.25, 0.3) is 22.3 Å². The van der Waals surface area contributed by atoms with Gasteiger partial charge in [0.05, 0.1) is 12.7 Å². The first-order chi connectivity index (χ1) is 14.8. The van der Waals surface area contributed by atoms with Gasteiger partial charge in [-0.25, -0.2) is 0 Å². The summed E-state index contributed by atoms with van der Waals surface area (Å²) in [6.07, 6.45) is 6.40. The molecule has 0 atom stereocenters. The van der Waals surface area contributed by atoms with E-state index in [1.54, 1.807) is 18.2 Å². The first-order valence-corrected chi connectivity index (χ1v) is 10.3. The van der Waals surface area contributed by atoms with E-state index >= 15 is 0 Å². The number of allylic oxidation sites excluding steroid dienone is 4. The van der Waals surface area contributed by atoms with Gasteiger partial charge in [0.15, 0.2) is 0 Å². The Morgan fingerprint density at radius 3 is 2.58 bits per heavy atom. The molecule has 3 aromatic rings. The monoisotopic (exact) mass is 420 g/mol. The van der Waals surface area contributed by atoms with Crippen LogP contribution in [0.1, 0.15) is 39.2 Å². The van der Waals surface area contributed by atoms with E-state index < -0.39 is 0 Å². The van der Waals surface area contributed by atoms with Gasteiger partial charge in [0.1, 0.15) is 34.0 Å². The summed E-state index contributed by atoms with van der Waals surface area (Å²) in [6.45, 7) is 6.19. The Labute approximate surface area is 181 Å². The molecule has 0 aliphatic rings. The summed E-state index contributed by atoms with van der Waals surface area (Å²) in [5.74, 6) is 0.709. The summed E-state index contributed by atoms with van der Waals surface area (Å²) in [5.41, 5.74) is 3.45. The van der Waals surface area contributed by atoms with E-state index in [1.807, 2.05) is 13.0 Å². The zero-order chi connectivity index (χ0) is 22.5. The molecule has 5 nitrogen and oxygen atoms in total. The van der Waals surface area contributed by atoms with E-state index in [4.69, 9.17) is 9.15 Å². The molecule has 0 fully saturated rings. The van der Waals surface area contributed by atoms with Crippen molar-refractivity contribution in [3.63, 3.8) is 0 Å². The van der Waals surface area contributed by atoms with Crippen molar-refractivity contribution < 1.29 is 19.4 Å². The van der Waals surface area contributed by atoms with Crippen molar-refractivity contribution in [1.29, 1.82) is 0 Å². The van der Waals surface area contributed by atoms with Crippen LogP contribution in [0, 0.1) is 0 Å². The van der Waals surface area contributed by atoms with Gasteiger partial charge in [0.25, 0.3) is 0 Å². The van der Waals surface area contributed by atoms with Gasteiger partial charge in [-0.15, -0.1) is 0 Å². The zero-order valence-electron chi connectivity index (χ0n) is 18.4. The van der Waals surface area contributed by atoms with Crippen LogP contribution in [0.15, 0.2) is 68.9 Å². The highest BCUT2D eigenvalue weighted by Gasteiger charge is 2.20. The van der Waals surface area contributed by atoms with E-state index in [9.17, 15) is 15.0 Å². The molecule has 0 unspecified atom stereocenters. The van der Waals surface area contributed by atoms with Gasteiger partial charge in [0.2, 0.25) is 5.43 Å². The Kier molecular flexibility index (Phi) is 6.85. The van der Waals surface area contributed by atoms with Gasteiger partial charge < -0.3 is 19.4 Å². The first kappa shape index (κ1) is 22.2. The molecule has 2 N–H and O–H groups in total. The maximum atomic E-state index is 13.4. The highest BCUT2D eigenvalue weighted by Crippen LogP contribution is 2.37. The van der Waals surface area contributed by atoms with Crippen LogP contribution < -0.4 is 10.2 Å². The quantitative estimate of drug-likeness (QED) is 0.451. The third kappa shape index (κ3) is 5.00. The number of fused-ring (bicyclic) bond motifs is 1. The van der Waals surface area contributed by atoms with Crippen LogP contribution in [-0.2, 0) is 6.42 Å². The van der Waals surface area contributed by atoms with Gasteiger partial charge in [-0.3, -0.25) is 4.79 Å². The van der Waals surface area contributed by atoms with E-state index in [0.29, 0.717) is 34.6 Å². The van der Waals surface area contributed by atoms with Crippen molar-refractivity contribution in [2.75, 3.05) is 7.11 Å². The third-order valence-corrected chi connectivity index (χ3v) is 5.17. The van der Waals surface area contributed by atoms with Gasteiger partial charge >= 0.3 is 0 Å². The summed E-state index contributed by atoms with van der Waals surface area (Å²) in [4.78, 5) is 13.4. The zero-order valence-corrected chi connectivity index (χ0v) is 18.4. The fourth-order valence-electron chi connectivity index (χ4n) is 3.50. The van der Waals surface area contributed by atoms with E-state index in [1.165, 1.54) is 30.9 Å². The molecule has 0 amide bonds. The van der Waals surface area contributed by atoms with E-state index in [-0.39, 0.29) is 22.3 Å². The standard InChI is InChI=1S/C26H28O5/c1-16(2)7-5-8-17(3)11-13-20-25(29)24-21(28)9-6-10-22(24)31-26(20)19-14-12-18(27)15-23(19)30-4/h6-7,9-12,14-15,27-28H,5,8,13H2,1-4H3/b17-11+. The predicted molar refractivity (Wildman–Crippen MR) is 124 cm³/mol. The predicted octanol–water partition coefficient (Wildman–Crippen LogP) is 6.12.